The standard InChI is InChI=1S/C19H39N.C2H4O2/c1-3-5-6-7-8-9-10-11-12-16-20-17-14-19(13-4-2)15-18-20;1-2(3)4/h19H,3-18H2,1-2H3;1H3,(H,3,4). The van der Waals surface area contributed by atoms with E-state index in [1.165, 1.54) is 103 Å². The Morgan fingerprint density at radius 2 is 1.33 bits per heavy atom. The van der Waals surface area contributed by atoms with E-state index in [1.54, 1.807) is 0 Å². The van der Waals surface area contributed by atoms with E-state index in [1.807, 2.05) is 4.90 Å². The largest absolute Gasteiger partial charge is 0.550 e. The SMILES string of the molecule is CC(=O)[O-].CCCCCCCCCCC[NH+]1CCC(CCC)CC1. The molecule has 1 rings (SSSR count). The Labute approximate surface area is 151 Å². The second-order valence-corrected chi connectivity index (χ2v) is 7.55. The second kappa shape index (κ2) is 17.3. The summed E-state index contributed by atoms with van der Waals surface area (Å²) in [5, 5.41) is 8.89. The number of likely N-dealkylation sites (tertiary alicyclic amines) is 1. The van der Waals surface area contributed by atoms with Gasteiger partial charge in [-0.3, -0.25) is 0 Å². The number of unbranched alkanes of at least 4 members (excludes halogenated alkanes) is 8. The highest BCUT2D eigenvalue weighted by molar-refractivity contribution is 5.60. The van der Waals surface area contributed by atoms with Gasteiger partial charge >= 0.3 is 0 Å². The number of carboxylic acids is 1. The van der Waals surface area contributed by atoms with Gasteiger partial charge in [0.25, 0.3) is 0 Å². The Hall–Kier alpha value is -0.570. The third-order valence-electron chi connectivity index (χ3n) is 5.14. The number of carbonyl (C=O) groups is 1. The van der Waals surface area contributed by atoms with Gasteiger partial charge in [-0.1, -0.05) is 71.6 Å². The number of piperidine rings is 1. The lowest BCUT2D eigenvalue weighted by molar-refractivity contribution is -0.906. The summed E-state index contributed by atoms with van der Waals surface area (Å²) in [6.45, 7) is 9.98. The van der Waals surface area contributed by atoms with Crippen LogP contribution in [0.15, 0.2) is 0 Å². The Balaban J connectivity index is 0.00000118. The fourth-order valence-electron chi connectivity index (χ4n) is 3.72. The molecule has 0 aromatic rings. The molecule has 0 amide bonds. The summed E-state index contributed by atoms with van der Waals surface area (Å²) in [6, 6.07) is 0. The minimum Gasteiger partial charge on any atom is -0.550 e. The zero-order chi connectivity index (χ0) is 18.0. The predicted molar refractivity (Wildman–Crippen MR) is 101 cm³/mol. The quantitative estimate of drug-likeness (QED) is 0.553. The maximum atomic E-state index is 8.89. The van der Waals surface area contributed by atoms with Gasteiger partial charge in [0.1, 0.15) is 0 Å². The van der Waals surface area contributed by atoms with Crippen LogP contribution in [0.2, 0.25) is 0 Å². The van der Waals surface area contributed by atoms with Crippen molar-refractivity contribution < 1.29 is 14.8 Å². The summed E-state index contributed by atoms with van der Waals surface area (Å²) in [6.07, 6.45) is 19.0. The number of hydrogen-bond donors (Lipinski definition) is 1. The smallest absolute Gasteiger partial charge is 0.0773 e. The van der Waals surface area contributed by atoms with Crippen molar-refractivity contribution in [3.05, 3.63) is 0 Å². The predicted octanol–water partition coefficient (Wildman–Crippen LogP) is 3.37. The third kappa shape index (κ3) is 16.3. The summed E-state index contributed by atoms with van der Waals surface area (Å²) in [4.78, 5) is 10.8. The lowest BCUT2D eigenvalue weighted by Crippen LogP contribution is -3.13. The third-order valence-corrected chi connectivity index (χ3v) is 5.14. The zero-order valence-electron chi connectivity index (χ0n) is 16.7. The number of carbonyl (C=O) groups excluding carboxylic acids is 1. The van der Waals surface area contributed by atoms with Crippen molar-refractivity contribution in [1.29, 1.82) is 0 Å². The molecule has 0 bridgehead atoms. The first-order chi connectivity index (χ1) is 11.6. The Bertz CT molecular complexity index is 269. The van der Waals surface area contributed by atoms with E-state index < -0.39 is 5.97 Å². The van der Waals surface area contributed by atoms with Crippen LogP contribution >= 0.6 is 0 Å². The molecule has 0 aromatic carbocycles. The molecule has 0 aromatic heterocycles. The Morgan fingerprint density at radius 1 is 0.875 bits per heavy atom. The summed E-state index contributed by atoms with van der Waals surface area (Å²) in [5.41, 5.74) is 0. The van der Waals surface area contributed by atoms with Gasteiger partial charge in [-0.15, -0.1) is 0 Å². The second-order valence-electron chi connectivity index (χ2n) is 7.55. The average Bonchev–Trinajstić information content (AvgIpc) is 2.54. The van der Waals surface area contributed by atoms with Gasteiger partial charge in [-0.2, -0.15) is 0 Å². The van der Waals surface area contributed by atoms with Crippen molar-refractivity contribution in [2.45, 2.75) is 104 Å². The molecule has 0 aliphatic carbocycles. The van der Waals surface area contributed by atoms with E-state index in [0.29, 0.717) is 0 Å². The zero-order valence-corrected chi connectivity index (χ0v) is 16.7. The molecule has 3 nitrogen and oxygen atoms in total. The van der Waals surface area contributed by atoms with Crippen molar-refractivity contribution in [2.75, 3.05) is 19.6 Å². The fraction of sp³-hybridized carbons (Fsp3) is 0.952. The number of quaternary nitrogens is 1. The number of rotatable bonds is 12. The molecule has 1 N–H and O–H groups in total. The highest BCUT2D eigenvalue weighted by Gasteiger charge is 2.20. The van der Waals surface area contributed by atoms with Crippen LogP contribution in [0.1, 0.15) is 104 Å². The average molecular weight is 342 g/mol. The van der Waals surface area contributed by atoms with Crippen LogP contribution in [0.5, 0.6) is 0 Å². The van der Waals surface area contributed by atoms with Crippen LogP contribution in [-0.4, -0.2) is 25.6 Å². The topological polar surface area (TPSA) is 44.6 Å². The minimum absolute atomic E-state index is 0.972. The molecule has 0 saturated carbocycles. The van der Waals surface area contributed by atoms with Gasteiger partial charge in [0.05, 0.1) is 19.6 Å². The molecule has 1 fully saturated rings. The van der Waals surface area contributed by atoms with Gasteiger partial charge in [0.2, 0.25) is 0 Å². The summed E-state index contributed by atoms with van der Waals surface area (Å²) >= 11 is 0. The molecule has 1 aliphatic heterocycles. The van der Waals surface area contributed by atoms with E-state index in [0.717, 1.165) is 12.8 Å². The van der Waals surface area contributed by atoms with E-state index in [-0.39, 0.29) is 0 Å². The highest BCUT2D eigenvalue weighted by Crippen LogP contribution is 2.15. The number of nitrogens with one attached hydrogen (secondary N) is 1. The molecule has 0 spiro atoms. The molecule has 1 saturated heterocycles. The molecule has 0 radical (unpaired) electrons. The number of carboxylic acid groups (broad SMARTS) is 1. The summed E-state index contributed by atoms with van der Waals surface area (Å²) in [5.74, 6) is -0.0214. The molecule has 24 heavy (non-hydrogen) atoms. The molecule has 3 heteroatoms. The van der Waals surface area contributed by atoms with Crippen LogP contribution < -0.4 is 10.0 Å². The van der Waals surface area contributed by atoms with Crippen molar-refractivity contribution in [3.8, 4) is 0 Å². The van der Waals surface area contributed by atoms with Crippen LogP contribution in [-0.2, 0) is 4.79 Å². The van der Waals surface area contributed by atoms with Crippen LogP contribution in [0, 0.1) is 5.92 Å². The molecular formula is C21H43NO2. The van der Waals surface area contributed by atoms with Gasteiger partial charge in [-0.05, 0) is 38.5 Å². The lowest BCUT2D eigenvalue weighted by Gasteiger charge is -2.29. The molecule has 0 atom stereocenters. The minimum atomic E-state index is -1.08. The van der Waals surface area contributed by atoms with Crippen molar-refractivity contribution in [2.24, 2.45) is 5.92 Å². The number of aliphatic carboxylic acids is 1. The molecule has 144 valence electrons. The lowest BCUT2D eigenvalue weighted by atomic mass is 9.92. The maximum Gasteiger partial charge on any atom is 0.0773 e. The molecule has 1 aliphatic rings. The van der Waals surface area contributed by atoms with Crippen LogP contribution in [0.25, 0.3) is 0 Å². The van der Waals surface area contributed by atoms with E-state index in [4.69, 9.17) is 9.90 Å². The van der Waals surface area contributed by atoms with E-state index in [2.05, 4.69) is 13.8 Å². The fourth-order valence-corrected chi connectivity index (χ4v) is 3.72. The van der Waals surface area contributed by atoms with Crippen molar-refractivity contribution >= 4 is 5.97 Å². The first kappa shape index (κ1) is 23.4. The van der Waals surface area contributed by atoms with Crippen LogP contribution in [0.4, 0.5) is 0 Å². The molecular weight excluding hydrogens is 298 g/mol. The Kier molecular flexibility index (Phi) is 16.8. The summed E-state index contributed by atoms with van der Waals surface area (Å²) in [7, 11) is 0. The van der Waals surface area contributed by atoms with Gasteiger partial charge in [-0.25, -0.2) is 0 Å². The normalized spacial score (nSPS) is 20.3. The highest BCUT2D eigenvalue weighted by atomic mass is 16.4. The van der Waals surface area contributed by atoms with E-state index in [9.17, 15) is 0 Å². The first-order valence-electron chi connectivity index (χ1n) is 10.6. The van der Waals surface area contributed by atoms with Gasteiger partial charge < -0.3 is 14.8 Å². The summed E-state index contributed by atoms with van der Waals surface area (Å²) < 4.78 is 0. The molecule has 1 heterocycles. The van der Waals surface area contributed by atoms with Crippen molar-refractivity contribution in [3.63, 3.8) is 0 Å². The monoisotopic (exact) mass is 341 g/mol. The van der Waals surface area contributed by atoms with E-state index >= 15 is 0 Å². The van der Waals surface area contributed by atoms with Gasteiger partial charge in [0.15, 0.2) is 0 Å². The van der Waals surface area contributed by atoms with Crippen molar-refractivity contribution in [1.82, 2.24) is 0 Å². The first-order valence-corrected chi connectivity index (χ1v) is 10.6. The molecule has 0 unspecified atom stereocenters. The maximum absolute atomic E-state index is 8.89. The Morgan fingerprint density at radius 3 is 1.79 bits per heavy atom. The number of hydrogen-bond acceptors (Lipinski definition) is 2. The van der Waals surface area contributed by atoms with Crippen LogP contribution in [0.3, 0.4) is 0 Å². The van der Waals surface area contributed by atoms with Gasteiger partial charge in [0, 0.05) is 5.97 Å².